The fourth-order valence-corrected chi connectivity index (χ4v) is 1.87. The second kappa shape index (κ2) is 7.64. The van der Waals surface area contributed by atoms with Gasteiger partial charge in [0.15, 0.2) is 6.23 Å². The van der Waals surface area contributed by atoms with E-state index in [-0.39, 0.29) is 0 Å². The van der Waals surface area contributed by atoms with Gasteiger partial charge in [0.05, 0.1) is 20.1 Å². The quantitative estimate of drug-likeness (QED) is 0.275. The molecule has 0 unspecified atom stereocenters. The van der Waals surface area contributed by atoms with E-state index in [1.807, 2.05) is 0 Å². The standard InChI is InChI=1S/C11H20N2O8/c1-20-11(19)4(12)2-6(15)13-10-9(18)8(17)7(16)5(3-14)21-10/h4-5,7-10,14,16-18H,2-3,12H2,1H3,(H,13,15)/t4-,5+,7+,8-,9+,10-/m0/s1. The first-order chi connectivity index (χ1) is 9.81. The predicted octanol–water partition coefficient (Wildman–Crippen LogP) is -4.21. The molecule has 1 amide bonds. The van der Waals surface area contributed by atoms with Gasteiger partial charge >= 0.3 is 5.97 Å². The molecule has 10 nitrogen and oxygen atoms in total. The molecular formula is C11H20N2O8. The van der Waals surface area contributed by atoms with Gasteiger partial charge in [-0.3, -0.25) is 9.59 Å². The molecule has 1 aliphatic heterocycles. The van der Waals surface area contributed by atoms with Gasteiger partial charge in [-0.1, -0.05) is 0 Å². The van der Waals surface area contributed by atoms with E-state index in [4.69, 9.17) is 15.6 Å². The molecule has 0 aromatic heterocycles. The average molecular weight is 308 g/mol. The molecular weight excluding hydrogens is 288 g/mol. The monoisotopic (exact) mass is 308 g/mol. The van der Waals surface area contributed by atoms with Crippen LogP contribution in [0, 0.1) is 0 Å². The average Bonchev–Trinajstić information content (AvgIpc) is 2.46. The summed E-state index contributed by atoms with van der Waals surface area (Å²) < 4.78 is 9.43. The summed E-state index contributed by atoms with van der Waals surface area (Å²) in [5.41, 5.74) is 5.40. The van der Waals surface area contributed by atoms with Gasteiger partial charge in [-0.2, -0.15) is 0 Å². The van der Waals surface area contributed by atoms with Gasteiger partial charge in [0.1, 0.15) is 30.5 Å². The van der Waals surface area contributed by atoms with Gasteiger partial charge < -0.3 is 41.0 Å². The van der Waals surface area contributed by atoms with Crippen LogP contribution < -0.4 is 11.1 Å². The first-order valence-corrected chi connectivity index (χ1v) is 6.25. The number of carbonyl (C=O) groups is 2. The third-order valence-corrected chi connectivity index (χ3v) is 3.10. The molecule has 10 heteroatoms. The van der Waals surface area contributed by atoms with Crippen LogP contribution in [0.5, 0.6) is 0 Å². The lowest BCUT2D eigenvalue weighted by Gasteiger charge is -2.40. The molecule has 0 saturated carbocycles. The number of hydrogen-bond acceptors (Lipinski definition) is 9. The molecule has 6 atom stereocenters. The molecule has 1 fully saturated rings. The molecule has 0 aliphatic carbocycles. The minimum atomic E-state index is -1.60. The Bertz CT molecular complexity index is 377. The van der Waals surface area contributed by atoms with E-state index in [1.165, 1.54) is 0 Å². The Balaban J connectivity index is 2.60. The molecule has 21 heavy (non-hydrogen) atoms. The van der Waals surface area contributed by atoms with Crippen LogP contribution in [0.15, 0.2) is 0 Å². The van der Waals surface area contributed by atoms with Crippen molar-refractivity contribution in [2.24, 2.45) is 5.73 Å². The van der Waals surface area contributed by atoms with E-state index in [1.54, 1.807) is 0 Å². The molecule has 1 aliphatic rings. The molecule has 1 heterocycles. The maximum absolute atomic E-state index is 11.7. The number of aliphatic hydroxyl groups excluding tert-OH is 4. The van der Waals surface area contributed by atoms with Gasteiger partial charge in [-0.25, -0.2) is 0 Å². The number of methoxy groups -OCH3 is 1. The number of carbonyl (C=O) groups excluding carboxylic acids is 2. The Morgan fingerprint density at radius 3 is 2.43 bits per heavy atom. The SMILES string of the molecule is COC(=O)[C@@H](N)CC(=O)N[C@H]1O[C@H](CO)[C@@H](O)[C@H](O)[C@H]1O. The van der Waals surface area contributed by atoms with E-state index in [0.717, 1.165) is 7.11 Å². The summed E-state index contributed by atoms with van der Waals surface area (Å²) in [6.45, 7) is -0.612. The van der Waals surface area contributed by atoms with Gasteiger partial charge in [-0.15, -0.1) is 0 Å². The van der Waals surface area contributed by atoms with Crippen molar-refractivity contribution in [3.05, 3.63) is 0 Å². The lowest BCUT2D eigenvalue weighted by atomic mass is 9.98. The number of esters is 1. The molecule has 0 aromatic rings. The van der Waals surface area contributed by atoms with Crippen molar-refractivity contribution < 1.29 is 39.5 Å². The molecule has 0 bridgehead atoms. The lowest BCUT2D eigenvalue weighted by Crippen LogP contribution is -2.63. The van der Waals surface area contributed by atoms with Crippen LogP contribution in [0.3, 0.4) is 0 Å². The Morgan fingerprint density at radius 2 is 1.90 bits per heavy atom. The first-order valence-electron chi connectivity index (χ1n) is 6.25. The van der Waals surface area contributed by atoms with Gasteiger partial charge in [0.2, 0.25) is 5.91 Å². The van der Waals surface area contributed by atoms with Crippen molar-refractivity contribution in [3.63, 3.8) is 0 Å². The zero-order valence-corrected chi connectivity index (χ0v) is 11.4. The number of ether oxygens (including phenoxy) is 2. The summed E-state index contributed by atoms with van der Waals surface area (Å²) in [5.74, 6) is -1.50. The predicted molar refractivity (Wildman–Crippen MR) is 66.5 cm³/mol. The third kappa shape index (κ3) is 4.33. The minimum Gasteiger partial charge on any atom is -0.468 e. The molecule has 122 valence electrons. The first kappa shape index (κ1) is 17.8. The Morgan fingerprint density at radius 1 is 1.29 bits per heavy atom. The summed E-state index contributed by atoms with van der Waals surface area (Å²) in [7, 11) is 1.12. The van der Waals surface area contributed by atoms with Crippen LogP contribution in [-0.2, 0) is 19.1 Å². The van der Waals surface area contributed by atoms with E-state index < -0.39 is 61.6 Å². The van der Waals surface area contributed by atoms with Crippen LogP contribution in [0.2, 0.25) is 0 Å². The number of hydrogen-bond donors (Lipinski definition) is 6. The number of aliphatic hydroxyl groups is 4. The summed E-state index contributed by atoms with van der Waals surface area (Å²) in [4.78, 5) is 22.8. The third-order valence-electron chi connectivity index (χ3n) is 3.10. The van der Waals surface area contributed by atoms with Crippen molar-refractivity contribution in [2.45, 2.75) is 43.1 Å². The zero-order chi connectivity index (χ0) is 16.2. The summed E-state index contributed by atoms with van der Waals surface area (Å²) in [5, 5.41) is 40.0. The molecule has 1 saturated heterocycles. The second-order valence-electron chi connectivity index (χ2n) is 4.65. The summed E-state index contributed by atoms with van der Waals surface area (Å²) in [6, 6.07) is -1.18. The van der Waals surface area contributed by atoms with Crippen molar-refractivity contribution in [1.82, 2.24) is 5.32 Å². The normalized spacial score (nSPS) is 34.1. The minimum absolute atomic E-state index is 0.415. The molecule has 0 spiro atoms. The lowest BCUT2D eigenvalue weighted by molar-refractivity contribution is -0.236. The number of amides is 1. The topological polar surface area (TPSA) is 172 Å². The fraction of sp³-hybridized carbons (Fsp3) is 0.818. The molecule has 7 N–H and O–H groups in total. The smallest absolute Gasteiger partial charge is 0.323 e. The van der Waals surface area contributed by atoms with Crippen LogP contribution >= 0.6 is 0 Å². The van der Waals surface area contributed by atoms with E-state index in [9.17, 15) is 24.9 Å². The van der Waals surface area contributed by atoms with E-state index in [2.05, 4.69) is 10.1 Å². The molecule has 0 radical (unpaired) electrons. The Labute approximate surface area is 120 Å². The summed E-state index contributed by atoms with van der Waals surface area (Å²) in [6.07, 6.45) is -7.62. The number of nitrogens with two attached hydrogens (primary N) is 1. The van der Waals surface area contributed by atoms with Crippen LogP contribution in [0.1, 0.15) is 6.42 Å². The van der Waals surface area contributed by atoms with Gasteiger partial charge in [0.25, 0.3) is 0 Å². The van der Waals surface area contributed by atoms with Crippen molar-refractivity contribution in [2.75, 3.05) is 13.7 Å². The van der Waals surface area contributed by atoms with E-state index in [0.29, 0.717) is 0 Å². The highest BCUT2D eigenvalue weighted by atomic mass is 16.6. The Kier molecular flexibility index (Phi) is 6.45. The van der Waals surface area contributed by atoms with Crippen molar-refractivity contribution in [3.8, 4) is 0 Å². The van der Waals surface area contributed by atoms with Crippen LogP contribution in [-0.4, -0.2) is 82.7 Å². The van der Waals surface area contributed by atoms with Gasteiger partial charge in [-0.05, 0) is 0 Å². The highest BCUT2D eigenvalue weighted by Gasteiger charge is 2.44. The Hall–Kier alpha value is -1.30. The molecule has 1 rings (SSSR count). The highest BCUT2D eigenvalue weighted by Crippen LogP contribution is 2.19. The maximum atomic E-state index is 11.7. The highest BCUT2D eigenvalue weighted by molar-refractivity contribution is 5.85. The second-order valence-corrected chi connectivity index (χ2v) is 4.65. The summed E-state index contributed by atoms with van der Waals surface area (Å²) >= 11 is 0. The largest absolute Gasteiger partial charge is 0.468 e. The number of nitrogens with one attached hydrogen (secondary N) is 1. The van der Waals surface area contributed by atoms with Crippen LogP contribution in [0.4, 0.5) is 0 Å². The fourth-order valence-electron chi connectivity index (χ4n) is 1.87. The van der Waals surface area contributed by atoms with E-state index >= 15 is 0 Å². The maximum Gasteiger partial charge on any atom is 0.323 e. The van der Waals surface area contributed by atoms with Crippen molar-refractivity contribution in [1.29, 1.82) is 0 Å². The van der Waals surface area contributed by atoms with Crippen molar-refractivity contribution >= 4 is 11.9 Å². The van der Waals surface area contributed by atoms with Crippen LogP contribution in [0.25, 0.3) is 0 Å². The zero-order valence-electron chi connectivity index (χ0n) is 11.4. The number of rotatable bonds is 5. The van der Waals surface area contributed by atoms with Gasteiger partial charge in [0, 0.05) is 0 Å². The molecule has 0 aromatic carbocycles.